The smallest absolute Gasteiger partial charge is 0.329 e. The van der Waals surface area contributed by atoms with Gasteiger partial charge in [0.2, 0.25) is 52.7 Å². The van der Waals surface area contributed by atoms with E-state index in [0.29, 0.717) is 18.4 Å². The van der Waals surface area contributed by atoms with Crippen LogP contribution in [0, 0.1) is 37.5 Å². The number of nitrogens with zero attached hydrogens (tertiary/aromatic N) is 7. The summed E-state index contributed by atoms with van der Waals surface area (Å²) in [6.45, 7) is 18.4. The Labute approximate surface area is 522 Å². The number of nitrogen functional groups attached to an aromatic ring is 1. The van der Waals surface area contributed by atoms with E-state index >= 15 is 9.59 Å². The second-order valence-corrected chi connectivity index (χ2v) is 25.5. The van der Waals surface area contributed by atoms with Gasteiger partial charge in [0.05, 0.1) is 29.9 Å². The fraction of sp³-hybridized carbons (Fsp3) is 0.613. The van der Waals surface area contributed by atoms with E-state index in [1.165, 1.54) is 80.7 Å². The number of nitrogens with one attached hydrogen (secondary N) is 4. The Morgan fingerprint density at radius 2 is 1.03 bits per heavy atom. The van der Waals surface area contributed by atoms with Gasteiger partial charge in [-0.15, -0.1) is 0 Å². The molecule has 0 aromatic heterocycles. The molecule has 1 aliphatic carbocycles. The number of hydrogen-bond acceptors (Lipinski definition) is 18. The molecule has 6 N–H and O–H groups in total. The average molecular weight is 1260 g/mol. The highest BCUT2D eigenvalue weighted by Crippen LogP contribution is 2.35. The lowest BCUT2D eigenvalue weighted by molar-refractivity contribution is -0.163. The van der Waals surface area contributed by atoms with Gasteiger partial charge in [-0.05, 0) is 88.7 Å². The lowest BCUT2D eigenvalue weighted by Crippen LogP contribution is -2.61. The molecule has 10 amide bonds. The third-order valence-electron chi connectivity index (χ3n) is 17.5. The number of esters is 2. The molecule has 28 nitrogen and oxygen atoms in total. The van der Waals surface area contributed by atoms with Gasteiger partial charge < -0.3 is 70.3 Å². The van der Waals surface area contributed by atoms with E-state index in [1.54, 1.807) is 62.3 Å². The first-order valence-electron chi connectivity index (χ1n) is 30.5. The average Bonchev–Trinajstić information content (AvgIpc) is 0.893. The molecule has 0 radical (unpaired) electrons. The summed E-state index contributed by atoms with van der Waals surface area (Å²) in [5, 5.41) is 10.7. The number of hydrogen-bond donors (Lipinski definition) is 5. The van der Waals surface area contributed by atoms with Crippen LogP contribution in [-0.4, -0.2) is 220 Å². The number of anilines is 1. The zero-order valence-corrected chi connectivity index (χ0v) is 54.1. The van der Waals surface area contributed by atoms with Crippen LogP contribution in [0.4, 0.5) is 5.69 Å². The van der Waals surface area contributed by atoms with Gasteiger partial charge in [0.15, 0.2) is 11.3 Å². The minimum Gasteiger partial charge on any atom is -0.458 e. The van der Waals surface area contributed by atoms with Gasteiger partial charge in [0, 0.05) is 46.8 Å². The predicted octanol–water partition coefficient (Wildman–Crippen LogP) is 0.726. The van der Waals surface area contributed by atoms with Crippen LogP contribution >= 0.6 is 0 Å². The summed E-state index contributed by atoms with van der Waals surface area (Å²) in [7, 11) is 5.59. The van der Waals surface area contributed by atoms with Crippen LogP contribution in [0.5, 0.6) is 0 Å². The summed E-state index contributed by atoms with van der Waals surface area (Å²) in [6.07, 6.45) is -1.65. The molecular weight excluding hydrogens is 1170 g/mol. The van der Waals surface area contributed by atoms with Gasteiger partial charge in [-0.3, -0.25) is 52.7 Å². The van der Waals surface area contributed by atoms with Crippen molar-refractivity contribution in [3.8, 4) is 11.5 Å². The fourth-order valence-electron chi connectivity index (χ4n) is 12.3. The molecule has 4 fully saturated rings. The maximum Gasteiger partial charge on any atom is 0.329 e. The third-order valence-corrected chi connectivity index (χ3v) is 17.5. The number of fused-ring (bicyclic) bond motifs is 4. The number of carbonyl (C=O) groups excluding carboxylic acids is 12. The quantitative estimate of drug-likeness (QED) is 0.118. The van der Waals surface area contributed by atoms with Crippen molar-refractivity contribution in [3.63, 3.8) is 0 Å². The number of rotatable bonds is 8. The Morgan fingerprint density at radius 1 is 0.611 bits per heavy atom. The molecule has 0 saturated carbocycles. The molecule has 1 aromatic rings. The molecule has 0 unspecified atom stereocenters. The van der Waals surface area contributed by atoms with Crippen molar-refractivity contribution < 1.29 is 71.4 Å². The number of likely N-dealkylation sites (N-methyl/N-ethyl adjacent to an activating group) is 4. The first-order chi connectivity index (χ1) is 42.1. The highest BCUT2D eigenvalue weighted by Gasteiger charge is 2.46. The van der Waals surface area contributed by atoms with E-state index in [2.05, 4.69) is 21.3 Å². The molecule has 7 rings (SSSR count). The van der Waals surface area contributed by atoms with Crippen LogP contribution in [0.1, 0.15) is 127 Å². The second-order valence-electron chi connectivity index (χ2n) is 25.5. The maximum absolute atomic E-state index is 15.2. The van der Waals surface area contributed by atoms with Gasteiger partial charge in [0.25, 0.3) is 11.8 Å². The topological polar surface area (TPSA) is 360 Å². The van der Waals surface area contributed by atoms with Crippen LogP contribution in [0.25, 0.3) is 22.6 Å². The molecular formula is C62H86N12O16. The molecule has 6 aliphatic rings. The third kappa shape index (κ3) is 13.7. The van der Waals surface area contributed by atoms with Crippen molar-refractivity contribution in [2.45, 2.75) is 169 Å². The van der Waals surface area contributed by atoms with Crippen molar-refractivity contribution >= 4 is 87.8 Å². The van der Waals surface area contributed by atoms with Crippen LogP contribution in [0.15, 0.2) is 21.3 Å². The molecule has 4 saturated heterocycles. The first-order valence-corrected chi connectivity index (χ1v) is 30.5. The Hall–Kier alpha value is -8.72. The van der Waals surface area contributed by atoms with Crippen LogP contribution < -0.4 is 32.4 Å². The SMILES string of the molecule is Cc1c2oc3c(C)ccc(C(=O)N[C@H]4C(=O)N[C@H](C(C)C)C(=O)N5CCC[C@@H]5C(=O)N(C)CC(=O)N(C)[C@@H](C(C)C)C(=O)O[C@@H]4C)c3nc-2c(C(=O)N[C@H]2C(=O)N[C@H](C(C)C)C(=O)N3CCC[C@@H]3C(=O)N(C)CC(=O)N(C)[C@@H](C(C)C)C(=O)O[C@@H]2C)c(N)c1=O. The summed E-state index contributed by atoms with van der Waals surface area (Å²) in [5.74, 6) is -12.4. The Bertz CT molecular complexity index is 3420. The van der Waals surface area contributed by atoms with Gasteiger partial charge in [-0.1, -0.05) is 61.5 Å². The van der Waals surface area contributed by atoms with Crippen molar-refractivity contribution in [1.82, 2.24) is 55.7 Å². The van der Waals surface area contributed by atoms with E-state index in [4.69, 9.17) is 24.6 Å². The number of ether oxygens (including phenoxy) is 2. The summed E-state index contributed by atoms with van der Waals surface area (Å²) in [5.41, 5.74) is 3.57. The lowest BCUT2D eigenvalue weighted by Gasteiger charge is -2.36. The lowest BCUT2D eigenvalue weighted by atomic mass is 9.98. The van der Waals surface area contributed by atoms with Gasteiger partial charge in [-0.25, -0.2) is 14.6 Å². The number of benzene rings is 2. The normalized spacial score (nSPS) is 26.2. The van der Waals surface area contributed by atoms with Crippen molar-refractivity contribution in [1.29, 1.82) is 0 Å². The van der Waals surface area contributed by atoms with Crippen LogP contribution in [-0.2, 0) is 57.4 Å². The minimum absolute atomic E-state index is 0.0763. The van der Waals surface area contributed by atoms with Gasteiger partial charge >= 0.3 is 11.9 Å². The molecule has 1 aromatic carbocycles. The van der Waals surface area contributed by atoms with Crippen LogP contribution in [0.2, 0.25) is 0 Å². The largest absolute Gasteiger partial charge is 0.458 e. The fourth-order valence-corrected chi connectivity index (χ4v) is 12.3. The maximum atomic E-state index is 15.2. The zero-order chi connectivity index (χ0) is 67.0. The molecule has 5 aliphatic heterocycles. The molecule has 0 spiro atoms. The zero-order valence-electron chi connectivity index (χ0n) is 54.1. The Kier molecular flexibility index (Phi) is 21.1. The summed E-state index contributed by atoms with van der Waals surface area (Å²) < 4.78 is 18.3. The molecule has 10 atom stereocenters. The van der Waals surface area contributed by atoms with Gasteiger partial charge in [-0.2, -0.15) is 0 Å². The minimum atomic E-state index is -1.88. The van der Waals surface area contributed by atoms with Crippen molar-refractivity contribution in [3.05, 3.63) is 44.6 Å². The molecule has 0 bridgehead atoms. The Morgan fingerprint density at radius 3 is 1.44 bits per heavy atom. The molecule has 28 heteroatoms. The predicted molar refractivity (Wildman–Crippen MR) is 325 cm³/mol. The standard InChI is InChI=1S/C62H86N12O16/c1-27(2)42-59(84)73-23-17-19-36(73)57(82)69(13)25-38(75)71(15)48(29(5)6)61(86)88-33(11)44(55(80)65-42)67-53(78)35-22-21-31(9)51-46(35)64-47-40(41(63)50(77)32(10)52(47)90-51)54(79)68-45-34(12)89-62(87)49(30(7)8)72(16)39(76)26-70(14)58(83)37-20-18-24-74(37)60(85)43(28(3)4)66-56(45)81/h21-22,27-30,33-34,36-37,42-45,48-49H,17-20,23-26,63H2,1-16H3,(H,65,80)(H,66,81)(H,67,78)(H,68,79)/t33-,34-,36-,37-,42-,43-,44-,45-,48+,49+/m1/s1. The van der Waals surface area contributed by atoms with Crippen molar-refractivity contribution in [2.75, 3.05) is 60.1 Å². The number of amides is 10. The number of aromatic nitrogens is 1. The second kappa shape index (κ2) is 27.6. The van der Waals surface area contributed by atoms with Gasteiger partial charge in [0.1, 0.15) is 71.8 Å². The summed E-state index contributed by atoms with van der Waals surface area (Å²) >= 11 is 0. The number of aryl methyl sites for hydroxylation is 1. The molecule has 5 heterocycles. The molecule has 90 heavy (non-hydrogen) atoms. The number of nitrogens with two attached hydrogens (primary N) is 1. The first kappa shape index (κ1) is 68.8. The molecule has 490 valence electrons. The summed E-state index contributed by atoms with van der Waals surface area (Å²) in [4.78, 5) is 199. The number of cyclic esters (lactones) is 2. The van der Waals surface area contributed by atoms with E-state index < -0.39 is 191 Å². The highest BCUT2D eigenvalue weighted by molar-refractivity contribution is 6.10. The highest BCUT2D eigenvalue weighted by atomic mass is 16.6. The van der Waals surface area contributed by atoms with Crippen LogP contribution in [0.3, 0.4) is 0 Å². The van der Waals surface area contributed by atoms with E-state index in [9.17, 15) is 52.7 Å². The van der Waals surface area contributed by atoms with Crippen molar-refractivity contribution in [2.24, 2.45) is 23.7 Å². The van der Waals surface area contributed by atoms with E-state index in [-0.39, 0.29) is 53.9 Å². The summed E-state index contributed by atoms with van der Waals surface area (Å²) in [6, 6.07) is -7.90. The monoisotopic (exact) mass is 1250 g/mol. The number of carbonyl (C=O) groups is 12. The Balaban J connectivity index is 1.32. The van der Waals surface area contributed by atoms with E-state index in [0.717, 1.165) is 9.80 Å². The van der Waals surface area contributed by atoms with E-state index in [1.807, 2.05) is 0 Å².